The molecule has 5 heteroatoms. The summed E-state index contributed by atoms with van der Waals surface area (Å²) < 4.78 is 5.38. The summed E-state index contributed by atoms with van der Waals surface area (Å²) in [4.78, 5) is 11.9. The zero-order valence-corrected chi connectivity index (χ0v) is 11.5. The van der Waals surface area contributed by atoms with E-state index in [0.717, 1.165) is 31.7 Å². The van der Waals surface area contributed by atoms with Gasteiger partial charge in [0.25, 0.3) is 5.91 Å². The van der Waals surface area contributed by atoms with Crippen LogP contribution in [0.25, 0.3) is 0 Å². The number of carbonyl (C=O) groups is 1. The fourth-order valence-corrected chi connectivity index (χ4v) is 2.27. The summed E-state index contributed by atoms with van der Waals surface area (Å²) in [5, 5.41) is 6.11. The van der Waals surface area contributed by atoms with Gasteiger partial charge in [0, 0.05) is 37.2 Å². The summed E-state index contributed by atoms with van der Waals surface area (Å²) in [5.41, 5.74) is 7.80. The third-order valence-corrected chi connectivity index (χ3v) is 3.55. The molecule has 4 N–H and O–H groups in total. The first-order chi connectivity index (χ1) is 9.04. The smallest absolute Gasteiger partial charge is 0.253 e. The average Bonchev–Trinajstić information content (AvgIpc) is 2.38. The highest BCUT2D eigenvalue weighted by atomic mass is 16.5. The van der Waals surface area contributed by atoms with E-state index in [1.165, 1.54) is 0 Å². The second-order valence-electron chi connectivity index (χ2n) is 5.18. The number of hydrogen-bond donors (Lipinski definition) is 3. The maximum atomic E-state index is 11.9. The molecule has 1 amide bonds. The number of ether oxygens (including phenoxy) is 1. The van der Waals surface area contributed by atoms with Crippen molar-refractivity contribution >= 4 is 17.3 Å². The van der Waals surface area contributed by atoms with Gasteiger partial charge < -0.3 is 21.1 Å². The van der Waals surface area contributed by atoms with Crippen molar-refractivity contribution in [3.05, 3.63) is 23.8 Å². The van der Waals surface area contributed by atoms with Gasteiger partial charge in [-0.1, -0.05) is 0 Å². The van der Waals surface area contributed by atoms with Crippen LogP contribution in [-0.4, -0.2) is 31.7 Å². The van der Waals surface area contributed by atoms with Crippen LogP contribution in [-0.2, 0) is 4.74 Å². The first kappa shape index (κ1) is 13.7. The second kappa shape index (κ2) is 5.48. The standard InChI is InChI=1S/C14H21N3O2/c1-14(5-7-19-8-6-14)17-12-9-10(15)3-4-11(12)13(18)16-2/h3-4,9,17H,5-8,15H2,1-2H3,(H,16,18). The van der Waals surface area contributed by atoms with Crippen LogP contribution in [0, 0.1) is 0 Å². The summed E-state index contributed by atoms with van der Waals surface area (Å²) in [6.45, 7) is 3.62. The quantitative estimate of drug-likeness (QED) is 0.724. The van der Waals surface area contributed by atoms with Crippen LogP contribution in [0.1, 0.15) is 30.1 Å². The Morgan fingerprint density at radius 1 is 1.37 bits per heavy atom. The molecule has 1 aromatic carbocycles. The molecule has 1 heterocycles. The van der Waals surface area contributed by atoms with Gasteiger partial charge in [-0.15, -0.1) is 0 Å². The van der Waals surface area contributed by atoms with E-state index in [-0.39, 0.29) is 11.4 Å². The highest BCUT2D eigenvalue weighted by Gasteiger charge is 2.28. The lowest BCUT2D eigenvalue weighted by Gasteiger charge is -2.36. The number of rotatable bonds is 3. The molecule has 0 bridgehead atoms. The van der Waals surface area contributed by atoms with Crippen LogP contribution in [0.4, 0.5) is 11.4 Å². The van der Waals surface area contributed by atoms with Gasteiger partial charge in [0.05, 0.1) is 5.56 Å². The molecule has 19 heavy (non-hydrogen) atoms. The number of carbonyl (C=O) groups excluding carboxylic acids is 1. The van der Waals surface area contributed by atoms with Crippen LogP contribution in [0.15, 0.2) is 18.2 Å². The van der Waals surface area contributed by atoms with Crippen LogP contribution in [0.2, 0.25) is 0 Å². The number of anilines is 2. The summed E-state index contributed by atoms with van der Waals surface area (Å²) in [6.07, 6.45) is 1.82. The minimum absolute atomic E-state index is 0.0607. The van der Waals surface area contributed by atoms with Crippen LogP contribution < -0.4 is 16.4 Å². The molecule has 1 aliphatic rings. The summed E-state index contributed by atoms with van der Waals surface area (Å²) in [6, 6.07) is 5.30. The lowest BCUT2D eigenvalue weighted by molar-refractivity contribution is 0.0658. The summed E-state index contributed by atoms with van der Waals surface area (Å²) in [5.74, 6) is -0.113. The van der Waals surface area contributed by atoms with E-state index in [9.17, 15) is 4.79 Å². The van der Waals surface area contributed by atoms with Gasteiger partial charge in [-0.25, -0.2) is 0 Å². The van der Waals surface area contributed by atoms with E-state index in [2.05, 4.69) is 17.6 Å². The SMILES string of the molecule is CNC(=O)c1ccc(N)cc1NC1(C)CCOCC1. The molecule has 1 fully saturated rings. The number of nitrogens with one attached hydrogen (secondary N) is 2. The van der Waals surface area contributed by atoms with E-state index in [0.29, 0.717) is 11.3 Å². The minimum Gasteiger partial charge on any atom is -0.399 e. The van der Waals surface area contributed by atoms with Gasteiger partial charge in [0.1, 0.15) is 0 Å². The largest absolute Gasteiger partial charge is 0.399 e. The van der Waals surface area contributed by atoms with Crippen LogP contribution in [0.3, 0.4) is 0 Å². The summed E-state index contributed by atoms with van der Waals surface area (Å²) >= 11 is 0. The predicted octanol–water partition coefficient (Wildman–Crippen LogP) is 1.61. The molecule has 2 rings (SSSR count). The molecule has 0 atom stereocenters. The Morgan fingerprint density at radius 2 is 2.05 bits per heavy atom. The highest BCUT2D eigenvalue weighted by Crippen LogP contribution is 2.28. The van der Waals surface area contributed by atoms with Crippen molar-refractivity contribution in [1.29, 1.82) is 0 Å². The van der Waals surface area contributed by atoms with Crippen molar-refractivity contribution in [3.8, 4) is 0 Å². The Hall–Kier alpha value is -1.75. The number of amides is 1. The molecule has 0 aliphatic carbocycles. The van der Waals surface area contributed by atoms with E-state index in [1.54, 1.807) is 19.2 Å². The fourth-order valence-electron chi connectivity index (χ4n) is 2.27. The van der Waals surface area contributed by atoms with Gasteiger partial charge >= 0.3 is 0 Å². The van der Waals surface area contributed by atoms with Crippen molar-refractivity contribution in [1.82, 2.24) is 5.32 Å². The Bertz CT molecular complexity index is 468. The van der Waals surface area contributed by atoms with Gasteiger partial charge in [0.2, 0.25) is 0 Å². The summed E-state index contributed by atoms with van der Waals surface area (Å²) in [7, 11) is 1.62. The zero-order chi connectivity index (χ0) is 13.9. The maximum Gasteiger partial charge on any atom is 0.253 e. The van der Waals surface area contributed by atoms with Gasteiger partial charge in [-0.05, 0) is 38.0 Å². The first-order valence-corrected chi connectivity index (χ1v) is 6.52. The van der Waals surface area contributed by atoms with E-state index >= 15 is 0 Å². The third kappa shape index (κ3) is 3.17. The van der Waals surface area contributed by atoms with E-state index < -0.39 is 0 Å². The second-order valence-corrected chi connectivity index (χ2v) is 5.18. The molecular formula is C14H21N3O2. The van der Waals surface area contributed by atoms with E-state index in [4.69, 9.17) is 10.5 Å². The number of nitrogen functional groups attached to an aromatic ring is 1. The Kier molecular flexibility index (Phi) is 3.95. The zero-order valence-electron chi connectivity index (χ0n) is 11.5. The highest BCUT2D eigenvalue weighted by molar-refractivity contribution is 6.00. The predicted molar refractivity (Wildman–Crippen MR) is 76.3 cm³/mol. The third-order valence-electron chi connectivity index (χ3n) is 3.55. The first-order valence-electron chi connectivity index (χ1n) is 6.52. The molecule has 0 unspecified atom stereocenters. The van der Waals surface area contributed by atoms with E-state index in [1.807, 2.05) is 6.07 Å². The Morgan fingerprint density at radius 3 is 2.68 bits per heavy atom. The molecule has 5 nitrogen and oxygen atoms in total. The van der Waals surface area contributed by atoms with Gasteiger partial charge in [-0.3, -0.25) is 4.79 Å². The Labute approximate surface area is 113 Å². The molecule has 0 radical (unpaired) electrons. The van der Waals surface area contributed by atoms with Gasteiger partial charge in [-0.2, -0.15) is 0 Å². The van der Waals surface area contributed by atoms with Crippen LogP contribution in [0.5, 0.6) is 0 Å². The lowest BCUT2D eigenvalue weighted by Crippen LogP contribution is -2.41. The molecule has 0 spiro atoms. The molecule has 1 aliphatic heterocycles. The van der Waals surface area contributed by atoms with Crippen LogP contribution >= 0.6 is 0 Å². The fraction of sp³-hybridized carbons (Fsp3) is 0.500. The van der Waals surface area contributed by atoms with Crippen molar-refractivity contribution in [2.75, 3.05) is 31.3 Å². The van der Waals surface area contributed by atoms with Crippen molar-refractivity contribution < 1.29 is 9.53 Å². The molecular weight excluding hydrogens is 242 g/mol. The topological polar surface area (TPSA) is 76.4 Å². The van der Waals surface area contributed by atoms with Gasteiger partial charge in [0.15, 0.2) is 0 Å². The van der Waals surface area contributed by atoms with Crippen molar-refractivity contribution in [3.63, 3.8) is 0 Å². The average molecular weight is 263 g/mol. The molecule has 0 aromatic heterocycles. The minimum atomic E-state index is -0.113. The molecule has 1 aromatic rings. The molecule has 0 saturated carbocycles. The molecule has 104 valence electrons. The maximum absolute atomic E-state index is 11.9. The van der Waals surface area contributed by atoms with Crippen molar-refractivity contribution in [2.45, 2.75) is 25.3 Å². The molecule has 1 saturated heterocycles. The monoisotopic (exact) mass is 263 g/mol. The Balaban J connectivity index is 2.27. The van der Waals surface area contributed by atoms with Crippen molar-refractivity contribution in [2.24, 2.45) is 0 Å². The normalized spacial score (nSPS) is 17.8. The lowest BCUT2D eigenvalue weighted by atomic mass is 9.91. The number of nitrogens with two attached hydrogens (primary N) is 1. The number of hydrogen-bond acceptors (Lipinski definition) is 4. The number of benzene rings is 1.